The predicted molar refractivity (Wildman–Crippen MR) is 140 cm³/mol. The second-order valence-corrected chi connectivity index (χ2v) is 11.6. The molecule has 5 nitrogen and oxygen atoms in total. The van der Waals surface area contributed by atoms with Gasteiger partial charge in [0.1, 0.15) is 5.75 Å². The molecular weight excluding hydrogens is 450 g/mol. The van der Waals surface area contributed by atoms with E-state index >= 15 is 0 Å². The molecule has 2 aromatic rings. The van der Waals surface area contributed by atoms with Crippen LogP contribution in [-0.2, 0) is 23.2 Å². The number of carboxylic acids is 1. The summed E-state index contributed by atoms with van der Waals surface area (Å²) in [6.07, 6.45) is 10.2. The van der Waals surface area contributed by atoms with Gasteiger partial charge in [-0.3, -0.25) is 9.59 Å². The van der Waals surface area contributed by atoms with Crippen LogP contribution in [0, 0.1) is 23.7 Å². The van der Waals surface area contributed by atoms with Crippen molar-refractivity contribution in [1.29, 1.82) is 0 Å². The molecule has 0 aromatic heterocycles. The summed E-state index contributed by atoms with van der Waals surface area (Å²) in [4.78, 5) is 24.6. The minimum atomic E-state index is -0.764. The zero-order valence-corrected chi connectivity index (χ0v) is 21.6. The number of hydrogen-bond acceptors (Lipinski definition) is 3. The third-order valence-corrected chi connectivity index (χ3v) is 9.05. The van der Waals surface area contributed by atoms with Gasteiger partial charge in [-0.15, -0.1) is 0 Å². The summed E-state index contributed by atoms with van der Waals surface area (Å²) < 4.78 is 5.50. The Morgan fingerprint density at radius 1 is 1.03 bits per heavy atom. The lowest BCUT2D eigenvalue weighted by Gasteiger charge is -2.57. The van der Waals surface area contributed by atoms with Crippen molar-refractivity contribution in [3.63, 3.8) is 0 Å². The Kier molecular flexibility index (Phi) is 7.09. The molecule has 0 saturated heterocycles. The molecule has 4 fully saturated rings. The summed E-state index contributed by atoms with van der Waals surface area (Å²) in [5, 5.41) is 12.6. The van der Waals surface area contributed by atoms with Gasteiger partial charge in [-0.05, 0) is 104 Å². The van der Waals surface area contributed by atoms with Crippen molar-refractivity contribution >= 4 is 11.9 Å². The van der Waals surface area contributed by atoms with Gasteiger partial charge in [0, 0.05) is 17.7 Å². The van der Waals surface area contributed by atoms with Crippen molar-refractivity contribution in [3.05, 3.63) is 64.7 Å². The molecule has 4 bridgehead atoms. The van der Waals surface area contributed by atoms with Gasteiger partial charge in [0.05, 0.1) is 13.0 Å². The van der Waals surface area contributed by atoms with E-state index in [0.29, 0.717) is 36.1 Å². The van der Waals surface area contributed by atoms with Gasteiger partial charge in [-0.2, -0.15) is 0 Å². The summed E-state index contributed by atoms with van der Waals surface area (Å²) in [6.45, 7) is 2.33. The maximum atomic E-state index is 13.0. The number of nitrogens with one attached hydrogen (secondary N) is 1. The first kappa shape index (κ1) is 24.9. The van der Waals surface area contributed by atoms with Crippen molar-refractivity contribution in [2.45, 2.75) is 76.7 Å². The van der Waals surface area contributed by atoms with Crippen molar-refractivity contribution in [1.82, 2.24) is 5.32 Å². The first-order valence-corrected chi connectivity index (χ1v) is 13.7. The van der Waals surface area contributed by atoms with Crippen LogP contribution in [0.25, 0.3) is 0 Å². The maximum Gasteiger partial charge on any atom is 0.306 e. The van der Waals surface area contributed by atoms with Crippen LogP contribution in [0.2, 0.25) is 0 Å². The lowest BCUT2D eigenvalue weighted by atomic mass is 9.48. The molecule has 0 heterocycles. The lowest BCUT2D eigenvalue weighted by Crippen LogP contribution is -2.48. The molecule has 4 saturated carbocycles. The molecule has 6 rings (SSSR count). The largest absolute Gasteiger partial charge is 0.496 e. The molecule has 0 aliphatic heterocycles. The Morgan fingerprint density at radius 2 is 1.67 bits per heavy atom. The molecule has 0 spiro atoms. The van der Waals surface area contributed by atoms with Crippen LogP contribution in [0.5, 0.6) is 5.75 Å². The van der Waals surface area contributed by atoms with Gasteiger partial charge < -0.3 is 15.2 Å². The number of aliphatic carboxylic acids is 1. The highest BCUT2D eigenvalue weighted by atomic mass is 16.5. The zero-order chi connectivity index (χ0) is 25.3. The quantitative estimate of drug-likeness (QED) is 0.421. The van der Waals surface area contributed by atoms with E-state index < -0.39 is 11.9 Å². The van der Waals surface area contributed by atoms with Crippen molar-refractivity contribution < 1.29 is 19.4 Å². The number of amides is 1. The standard InChI is InChI=1S/C31H39NO4/c1-3-4-25(30(34)35)14-20-5-10-28(36-2)26(15-20)19-32-29(33)24-6-8-27(9-7-24)31-16-21-11-22(17-31)13-23(12-21)18-31/h5-10,15,21-23,25H,3-4,11-14,16-19H2,1-2H3,(H,32,33)(H,34,35)/t21?,22?,23?,25-,31?/m0/s1. The smallest absolute Gasteiger partial charge is 0.306 e. The Morgan fingerprint density at radius 3 is 2.22 bits per heavy atom. The van der Waals surface area contributed by atoms with Crippen molar-refractivity contribution in [2.24, 2.45) is 23.7 Å². The molecule has 36 heavy (non-hydrogen) atoms. The topological polar surface area (TPSA) is 75.6 Å². The van der Waals surface area contributed by atoms with E-state index in [0.717, 1.165) is 35.3 Å². The van der Waals surface area contributed by atoms with Gasteiger partial charge >= 0.3 is 5.97 Å². The monoisotopic (exact) mass is 489 g/mol. The van der Waals surface area contributed by atoms with Gasteiger partial charge in [-0.1, -0.05) is 37.6 Å². The van der Waals surface area contributed by atoms with Gasteiger partial charge in [-0.25, -0.2) is 0 Å². The second-order valence-electron chi connectivity index (χ2n) is 11.6. The highest BCUT2D eigenvalue weighted by Gasteiger charge is 2.51. The predicted octanol–water partition coefficient (Wildman–Crippen LogP) is 6.14. The van der Waals surface area contributed by atoms with Crippen molar-refractivity contribution in [3.8, 4) is 5.75 Å². The van der Waals surface area contributed by atoms with E-state index in [4.69, 9.17) is 4.74 Å². The first-order chi connectivity index (χ1) is 17.4. The third-order valence-electron chi connectivity index (χ3n) is 9.05. The minimum Gasteiger partial charge on any atom is -0.496 e. The van der Waals surface area contributed by atoms with Crippen LogP contribution in [0.1, 0.15) is 85.3 Å². The Labute approximate surface area is 214 Å². The second kappa shape index (κ2) is 10.3. The summed E-state index contributed by atoms with van der Waals surface area (Å²) in [5.74, 6) is 2.12. The summed E-state index contributed by atoms with van der Waals surface area (Å²) in [6, 6.07) is 14.1. The fourth-order valence-electron chi connectivity index (χ4n) is 7.76. The highest BCUT2D eigenvalue weighted by Crippen LogP contribution is 2.60. The zero-order valence-electron chi connectivity index (χ0n) is 21.6. The van der Waals surface area contributed by atoms with E-state index in [-0.39, 0.29) is 5.91 Å². The Balaban J connectivity index is 1.24. The number of ether oxygens (including phenoxy) is 1. The molecule has 1 amide bonds. The van der Waals surface area contributed by atoms with E-state index in [1.165, 1.54) is 44.1 Å². The molecule has 5 heteroatoms. The van der Waals surface area contributed by atoms with E-state index in [1.807, 2.05) is 37.3 Å². The number of carboxylic acid groups (broad SMARTS) is 1. The van der Waals surface area contributed by atoms with Gasteiger partial charge in [0.2, 0.25) is 0 Å². The number of benzene rings is 2. The fourth-order valence-corrected chi connectivity index (χ4v) is 7.76. The molecule has 2 N–H and O–H groups in total. The number of carbonyl (C=O) groups is 2. The van der Waals surface area contributed by atoms with Crippen LogP contribution in [0.3, 0.4) is 0 Å². The third kappa shape index (κ3) is 5.02. The molecule has 1 atom stereocenters. The average Bonchev–Trinajstić information content (AvgIpc) is 2.86. The summed E-state index contributed by atoms with van der Waals surface area (Å²) in [7, 11) is 1.61. The fraction of sp³-hybridized carbons (Fsp3) is 0.548. The van der Waals surface area contributed by atoms with E-state index in [2.05, 4.69) is 17.4 Å². The SMILES string of the molecule is CCC[C@@H](Cc1ccc(OC)c(CNC(=O)c2ccc(C34CC5CC(CC(C5)C3)C4)cc2)c1)C(=O)O. The number of rotatable bonds is 10. The van der Waals surface area contributed by atoms with Crippen LogP contribution >= 0.6 is 0 Å². The first-order valence-electron chi connectivity index (χ1n) is 13.7. The molecule has 4 aliphatic rings. The molecule has 0 unspecified atom stereocenters. The van der Waals surface area contributed by atoms with Crippen molar-refractivity contribution in [2.75, 3.05) is 7.11 Å². The minimum absolute atomic E-state index is 0.103. The number of carbonyl (C=O) groups excluding carboxylic acids is 1. The number of methoxy groups -OCH3 is 1. The van der Waals surface area contributed by atoms with Crippen LogP contribution in [-0.4, -0.2) is 24.1 Å². The lowest BCUT2D eigenvalue weighted by molar-refractivity contribution is -0.141. The average molecular weight is 490 g/mol. The summed E-state index contributed by atoms with van der Waals surface area (Å²) >= 11 is 0. The van der Waals surface area contributed by atoms with Crippen LogP contribution in [0.15, 0.2) is 42.5 Å². The van der Waals surface area contributed by atoms with E-state index in [9.17, 15) is 14.7 Å². The molecule has 0 radical (unpaired) electrons. The Hall–Kier alpha value is -2.82. The molecule has 4 aliphatic carbocycles. The van der Waals surface area contributed by atoms with Gasteiger partial charge in [0.25, 0.3) is 5.91 Å². The summed E-state index contributed by atoms with van der Waals surface area (Å²) in [5.41, 5.74) is 4.23. The maximum absolute atomic E-state index is 13.0. The van der Waals surface area contributed by atoms with Crippen LogP contribution < -0.4 is 10.1 Å². The normalized spacial score (nSPS) is 27.0. The highest BCUT2D eigenvalue weighted by molar-refractivity contribution is 5.94. The molecular formula is C31H39NO4. The number of hydrogen-bond donors (Lipinski definition) is 2. The van der Waals surface area contributed by atoms with E-state index in [1.54, 1.807) is 7.11 Å². The van der Waals surface area contributed by atoms with Gasteiger partial charge in [0.15, 0.2) is 0 Å². The van der Waals surface area contributed by atoms with Crippen LogP contribution in [0.4, 0.5) is 0 Å². The molecule has 2 aromatic carbocycles. The molecule has 192 valence electrons. The Bertz CT molecular complexity index is 1070.